The van der Waals surface area contributed by atoms with Crippen molar-refractivity contribution in [1.82, 2.24) is 0 Å². The van der Waals surface area contributed by atoms with Gasteiger partial charge in [0.15, 0.2) is 5.76 Å². The van der Waals surface area contributed by atoms with Crippen LogP contribution in [0.1, 0.15) is 65.0 Å². The van der Waals surface area contributed by atoms with E-state index in [2.05, 4.69) is 5.32 Å². The zero-order valence-corrected chi connectivity index (χ0v) is 16.5. The lowest BCUT2D eigenvalue weighted by molar-refractivity contribution is -0.707. The average Bonchev–Trinajstić information content (AvgIpc) is 3.06. The lowest BCUT2D eigenvalue weighted by Crippen LogP contribution is -2.88. The summed E-state index contributed by atoms with van der Waals surface area (Å²) in [5.41, 5.74) is 1.20. The van der Waals surface area contributed by atoms with E-state index in [1.54, 1.807) is 12.1 Å². The van der Waals surface area contributed by atoms with Crippen LogP contribution in [0.4, 0.5) is 0 Å². The van der Waals surface area contributed by atoms with Crippen LogP contribution < -0.4 is 5.32 Å². The lowest BCUT2D eigenvalue weighted by atomic mass is 10.0. The molecule has 1 aromatic carbocycles. The molecule has 150 valence electrons. The first kappa shape index (κ1) is 20.1. The molecule has 0 saturated heterocycles. The fraction of sp³-hybridized carbons (Fsp3) is 0.455. The van der Waals surface area contributed by atoms with Crippen molar-refractivity contribution < 1.29 is 28.8 Å². The molecule has 1 saturated carbocycles. The second kappa shape index (κ2) is 9.55. The smallest absolute Gasteiger partial charge is 0.337 e. The maximum Gasteiger partial charge on any atom is 0.337 e. The molecule has 0 spiro atoms. The Bertz CT molecular complexity index is 784. The van der Waals surface area contributed by atoms with Crippen LogP contribution in [0.3, 0.4) is 0 Å². The first-order valence-electron chi connectivity index (χ1n) is 9.85. The van der Waals surface area contributed by atoms with Gasteiger partial charge in [0.05, 0.1) is 31.4 Å². The maximum absolute atomic E-state index is 12.0. The Hall–Kier alpha value is -2.60. The molecule has 1 heterocycles. The molecule has 28 heavy (non-hydrogen) atoms. The molecular weight excluding hydrogens is 358 g/mol. The standard InChI is InChI=1S/C22H27NO5/c1-26-21(24)16-11-15(12-17(13-16)22(25)27-2)20-10-9-19(28-20)14-23-18-7-5-3-4-6-8-18/h9-13,18,23H,3-8,14H2,1-2H3/p+1. The van der Waals surface area contributed by atoms with Crippen LogP contribution >= 0.6 is 0 Å². The van der Waals surface area contributed by atoms with Crippen molar-refractivity contribution in [3.63, 3.8) is 0 Å². The van der Waals surface area contributed by atoms with Gasteiger partial charge < -0.3 is 19.2 Å². The van der Waals surface area contributed by atoms with Gasteiger partial charge in [-0.3, -0.25) is 0 Å². The predicted octanol–water partition coefficient (Wildman–Crippen LogP) is 3.31. The Morgan fingerprint density at radius 1 is 0.964 bits per heavy atom. The monoisotopic (exact) mass is 386 g/mol. The molecule has 0 radical (unpaired) electrons. The number of carbonyl (C=O) groups is 2. The Morgan fingerprint density at radius 2 is 1.57 bits per heavy atom. The number of quaternary nitrogens is 1. The molecule has 1 aliphatic rings. The molecular formula is C22H28NO5+. The van der Waals surface area contributed by atoms with Gasteiger partial charge in [0.2, 0.25) is 0 Å². The van der Waals surface area contributed by atoms with E-state index in [0.29, 0.717) is 17.4 Å². The number of nitrogens with two attached hydrogens (primary N) is 1. The number of benzene rings is 1. The summed E-state index contributed by atoms with van der Waals surface area (Å²) in [7, 11) is 2.61. The molecule has 0 unspecified atom stereocenters. The van der Waals surface area contributed by atoms with Crippen molar-refractivity contribution in [1.29, 1.82) is 0 Å². The number of hydrogen-bond donors (Lipinski definition) is 1. The van der Waals surface area contributed by atoms with E-state index in [-0.39, 0.29) is 11.1 Å². The summed E-state index contributed by atoms with van der Waals surface area (Å²) in [5.74, 6) is 0.462. The van der Waals surface area contributed by atoms with Crippen LogP contribution in [0.15, 0.2) is 34.7 Å². The van der Waals surface area contributed by atoms with Crippen LogP contribution in [0.5, 0.6) is 0 Å². The summed E-state index contributed by atoms with van der Waals surface area (Å²) in [6.45, 7) is 0.783. The molecule has 1 aromatic heterocycles. The third-order valence-corrected chi connectivity index (χ3v) is 5.27. The maximum atomic E-state index is 12.0. The summed E-state index contributed by atoms with van der Waals surface area (Å²) in [6, 6.07) is 9.26. The molecule has 0 bridgehead atoms. The summed E-state index contributed by atoms with van der Waals surface area (Å²) in [5, 5.41) is 2.36. The van der Waals surface area contributed by atoms with Gasteiger partial charge in [-0.1, -0.05) is 12.8 Å². The minimum Gasteiger partial charge on any atom is -0.465 e. The number of methoxy groups -OCH3 is 2. The minimum atomic E-state index is -0.513. The van der Waals surface area contributed by atoms with E-state index in [9.17, 15) is 9.59 Å². The molecule has 0 amide bonds. The van der Waals surface area contributed by atoms with E-state index < -0.39 is 11.9 Å². The van der Waals surface area contributed by atoms with Gasteiger partial charge in [0.25, 0.3) is 0 Å². The number of furan rings is 1. The Labute approximate surface area is 165 Å². The highest BCUT2D eigenvalue weighted by atomic mass is 16.5. The summed E-state index contributed by atoms with van der Waals surface area (Å²) in [6.07, 6.45) is 7.82. The SMILES string of the molecule is COC(=O)c1cc(C(=O)OC)cc(-c2ccc(C[NH2+]C3CCCCCC3)o2)c1. The fourth-order valence-electron chi connectivity index (χ4n) is 3.71. The molecule has 2 aromatic rings. The molecule has 1 fully saturated rings. The molecule has 1 aliphatic carbocycles. The van der Waals surface area contributed by atoms with Gasteiger partial charge >= 0.3 is 11.9 Å². The van der Waals surface area contributed by atoms with Crippen molar-refractivity contribution in [3.05, 3.63) is 47.2 Å². The number of esters is 2. The quantitative estimate of drug-likeness (QED) is 0.608. The predicted molar refractivity (Wildman–Crippen MR) is 104 cm³/mol. The highest BCUT2D eigenvalue weighted by Crippen LogP contribution is 2.25. The van der Waals surface area contributed by atoms with E-state index >= 15 is 0 Å². The zero-order valence-electron chi connectivity index (χ0n) is 16.5. The molecule has 3 rings (SSSR count). The molecule has 0 aliphatic heterocycles. The second-order valence-electron chi connectivity index (χ2n) is 7.24. The van der Waals surface area contributed by atoms with Crippen molar-refractivity contribution in [3.8, 4) is 11.3 Å². The van der Waals surface area contributed by atoms with Crippen LogP contribution in [-0.4, -0.2) is 32.2 Å². The van der Waals surface area contributed by atoms with E-state index in [1.807, 2.05) is 12.1 Å². The van der Waals surface area contributed by atoms with Gasteiger partial charge in [-0.15, -0.1) is 0 Å². The summed E-state index contributed by atoms with van der Waals surface area (Å²) >= 11 is 0. The number of rotatable bonds is 6. The van der Waals surface area contributed by atoms with Gasteiger partial charge in [-0.05, 0) is 56.0 Å². The summed E-state index contributed by atoms with van der Waals surface area (Å²) < 4.78 is 15.6. The van der Waals surface area contributed by atoms with Crippen LogP contribution in [0.25, 0.3) is 11.3 Å². The van der Waals surface area contributed by atoms with Crippen LogP contribution in [-0.2, 0) is 16.0 Å². The highest BCUT2D eigenvalue weighted by molar-refractivity contribution is 5.97. The third-order valence-electron chi connectivity index (χ3n) is 5.27. The highest BCUT2D eigenvalue weighted by Gasteiger charge is 2.18. The van der Waals surface area contributed by atoms with Gasteiger partial charge in [-0.2, -0.15) is 0 Å². The first-order valence-corrected chi connectivity index (χ1v) is 9.85. The van der Waals surface area contributed by atoms with Crippen molar-refractivity contribution in [2.24, 2.45) is 0 Å². The van der Waals surface area contributed by atoms with Crippen molar-refractivity contribution in [2.75, 3.05) is 14.2 Å². The summed E-state index contributed by atoms with van der Waals surface area (Å²) in [4.78, 5) is 23.9. The lowest BCUT2D eigenvalue weighted by Gasteiger charge is -2.11. The van der Waals surface area contributed by atoms with E-state index in [4.69, 9.17) is 13.9 Å². The van der Waals surface area contributed by atoms with Crippen molar-refractivity contribution >= 4 is 11.9 Å². The van der Waals surface area contributed by atoms with Crippen molar-refractivity contribution in [2.45, 2.75) is 51.1 Å². The Morgan fingerprint density at radius 3 is 2.14 bits per heavy atom. The van der Waals surface area contributed by atoms with Crippen LogP contribution in [0.2, 0.25) is 0 Å². The van der Waals surface area contributed by atoms with E-state index in [0.717, 1.165) is 12.3 Å². The zero-order chi connectivity index (χ0) is 19.9. The minimum absolute atomic E-state index is 0.281. The largest absolute Gasteiger partial charge is 0.465 e. The molecule has 2 N–H and O–H groups in total. The number of carbonyl (C=O) groups excluding carboxylic acids is 2. The van der Waals surface area contributed by atoms with E-state index in [1.165, 1.54) is 58.8 Å². The number of hydrogen-bond acceptors (Lipinski definition) is 5. The average molecular weight is 386 g/mol. The normalized spacial score (nSPS) is 15.1. The molecule has 6 nitrogen and oxygen atoms in total. The molecule has 6 heteroatoms. The van der Waals surface area contributed by atoms with Gasteiger partial charge in [0.1, 0.15) is 12.3 Å². The third kappa shape index (κ3) is 5.01. The van der Waals surface area contributed by atoms with Gasteiger partial charge in [0, 0.05) is 5.56 Å². The van der Waals surface area contributed by atoms with Gasteiger partial charge in [-0.25, -0.2) is 9.59 Å². The first-order chi connectivity index (χ1) is 13.6. The Kier molecular flexibility index (Phi) is 6.87. The second-order valence-corrected chi connectivity index (χ2v) is 7.24. The Balaban J connectivity index is 1.77. The number of ether oxygens (including phenoxy) is 2. The van der Waals surface area contributed by atoms with Crippen LogP contribution in [0, 0.1) is 0 Å². The fourth-order valence-corrected chi connectivity index (χ4v) is 3.71. The topological polar surface area (TPSA) is 82.4 Å². The molecule has 0 atom stereocenters.